The molecule has 0 bridgehead atoms. The maximum atomic E-state index is 13.2. The number of anilines is 2. The van der Waals surface area contributed by atoms with E-state index in [9.17, 15) is 4.79 Å². The third kappa shape index (κ3) is 3.95. The molecule has 0 atom stereocenters. The van der Waals surface area contributed by atoms with E-state index in [0.717, 1.165) is 44.5 Å². The van der Waals surface area contributed by atoms with Crippen molar-refractivity contribution in [1.29, 1.82) is 0 Å². The molecule has 3 N–H and O–H groups in total. The molecular weight excluding hydrogens is 428 g/mol. The van der Waals surface area contributed by atoms with E-state index in [1.54, 1.807) is 17.8 Å². The molecule has 0 radical (unpaired) electrons. The lowest BCUT2D eigenvalue weighted by atomic mass is 9.99. The van der Waals surface area contributed by atoms with Gasteiger partial charge in [-0.3, -0.25) is 9.78 Å². The van der Waals surface area contributed by atoms with Crippen LogP contribution in [-0.2, 0) is 13.6 Å². The minimum Gasteiger partial charge on any atom is -0.332 e. The molecular formula is C26H24N6O2. The lowest BCUT2D eigenvalue weighted by Gasteiger charge is -2.12. The first-order valence-electron chi connectivity index (χ1n) is 10.9. The number of pyridine rings is 2. The van der Waals surface area contributed by atoms with E-state index >= 15 is 0 Å². The monoisotopic (exact) mass is 452 g/mol. The maximum Gasteiger partial charge on any atom is 0.268 e. The van der Waals surface area contributed by atoms with Crippen LogP contribution in [0.1, 0.15) is 16.8 Å². The van der Waals surface area contributed by atoms with Crippen LogP contribution in [0.3, 0.4) is 0 Å². The van der Waals surface area contributed by atoms with E-state index in [1.165, 1.54) is 0 Å². The highest BCUT2D eigenvalue weighted by atomic mass is 16.5. The zero-order valence-electron chi connectivity index (χ0n) is 19.2. The van der Waals surface area contributed by atoms with Gasteiger partial charge in [-0.2, -0.15) is 4.98 Å². The fourth-order valence-corrected chi connectivity index (χ4v) is 3.95. The number of fused-ring (bicyclic) bond motifs is 1. The number of nitrogens with zero attached hydrogens (tertiary/aromatic N) is 4. The van der Waals surface area contributed by atoms with Crippen LogP contribution in [0.4, 0.5) is 11.6 Å². The largest absolute Gasteiger partial charge is 0.332 e. The van der Waals surface area contributed by atoms with E-state index in [1.807, 2.05) is 68.4 Å². The van der Waals surface area contributed by atoms with Crippen LogP contribution in [-0.4, -0.2) is 19.7 Å². The van der Waals surface area contributed by atoms with Crippen molar-refractivity contribution in [1.82, 2.24) is 19.7 Å². The molecule has 3 aromatic heterocycles. The highest BCUT2D eigenvalue weighted by Crippen LogP contribution is 2.28. The van der Waals surface area contributed by atoms with Crippen molar-refractivity contribution < 1.29 is 4.52 Å². The number of aromatic nitrogens is 4. The lowest BCUT2D eigenvalue weighted by Crippen LogP contribution is -2.19. The third-order valence-corrected chi connectivity index (χ3v) is 5.89. The summed E-state index contributed by atoms with van der Waals surface area (Å²) in [6.07, 6.45) is 1.80. The second kappa shape index (κ2) is 8.57. The van der Waals surface area contributed by atoms with Crippen molar-refractivity contribution in [3.05, 3.63) is 88.0 Å². The van der Waals surface area contributed by atoms with Gasteiger partial charge in [-0.15, -0.1) is 0 Å². The van der Waals surface area contributed by atoms with Crippen LogP contribution in [0.15, 0.2) is 70.1 Å². The Kier molecular flexibility index (Phi) is 5.43. The molecule has 170 valence electrons. The van der Waals surface area contributed by atoms with Gasteiger partial charge in [0.05, 0.1) is 5.52 Å². The average Bonchev–Trinajstić information content (AvgIpc) is 3.31. The summed E-state index contributed by atoms with van der Waals surface area (Å²) in [6.45, 7) is 4.37. The fraction of sp³-hybridized carbons (Fsp3) is 0.154. The number of hydrogen-bond acceptors (Lipinski definition) is 7. The van der Waals surface area contributed by atoms with E-state index in [-0.39, 0.29) is 5.56 Å². The molecule has 8 heteroatoms. The normalized spacial score (nSPS) is 11.2. The first-order valence-corrected chi connectivity index (χ1v) is 10.9. The zero-order valence-corrected chi connectivity index (χ0v) is 19.2. The van der Waals surface area contributed by atoms with E-state index < -0.39 is 0 Å². The molecule has 34 heavy (non-hydrogen) atoms. The van der Waals surface area contributed by atoms with E-state index in [2.05, 4.69) is 20.4 Å². The van der Waals surface area contributed by atoms with Gasteiger partial charge in [0.25, 0.3) is 17.4 Å². The second-order valence-corrected chi connectivity index (χ2v) is 8.29. The first kappa shape index (κ1) is 21.5. The summed E-state index contributed by atoms with van der Waals surface area (Å²) in [5.74, 6) is 0.739. The van der Waals surface area contributed by atoms with Gasteiger partial charge < -0.3 is 20.1 Å². The number of aryl methyl sites for hydroxylation is 3. The summed E-state index contributed by atoms with van der Waals surface area (Å²) >= 11 is 0. The molecule has 0 aliphatic carbocycles. The molecule has 5 rings (SSSR count). The first-order chi connectivity index (χ1) is 16.4. The molecule has 2 aromatic carbocycles. The van der Waals surface area contributed by atoms with Gasteiger partial charge in [0.2, 0.25) is 0 Å². The summed E-state index contributed by atoms with van der Waals surface area (Å²) in [5.41, 5.74) is 12.3. The van der Waals surface area contributed by atoms with Gasteiger partial charge in [0.1, 0.15) is 0 Å². The van der Waals surface area contributed by atoms with Gasteiger partial charge in [-0.05, 0) is 72.1 Å². The summed E-state index contributed by atoms with van der Waals surface area (Å²) in [5, 5.41) is 8.12. The van der Waals surface area contributed by atoms with Gasteiger partial charge in [0, 0.05) is 47.7 Å². The predicted molar refractivity (Wildman–Crippen MR) is 133 cm³/mol. The molecule has 0 saturated carbocycles. The van der Waals surface area contributed by atoms with Crippen molar-refractivity contribution in [2.24, 2.45) is 12.8 Å². The molecule has 3 heterocycles. The molecule has 8 nitrogen and oxygen atoms in total. The molecule has 0 fully saturated rings. The van der Waals surface area contributed by atoms with E-state index in [4.69, 9.17) is 10.3 Å². The molecule has 0 amide bonds. The highest BCUT2D eigenvalue weighted by molar-refractivity contribution is 5.85. The van der Waals surface area contributed by atoms with Crippen molar-refractivity contribution in [2.75, 3.05) is 5.32 Å². The van der Waals surface area contributed by atoms with Gasteiger partial charge in [-0.25, -0.2) is 0 Å². The van der Waals surface area contributed by atoms with Crippen LogP contribution in [0.25, 0.3) is 33.5 Å². The number of rotatable bonds is 5. The van der Waals surface area contributed by atoms with Crippen LogP contribution in [0, 0.1) is 13.8 Å². The Morgan fingerprint density at radius 1 is 1.03 bits per heavy atom. The minimum atomic E-state index is -0.0684. The van der Waals surface area contributed by atoms with Gasteiger partial charge in [0.15, 0.2) is 0 Å². The van der Waals surface area contributed by atoms with Crippen LogP contribution in [0.2, 0.25) is 0 Å². The number of benzene rings is 2. The smallest absolute Gasteiger partial charge is 0.268 e. The standard InChI is InChI=1S/C26H24N6O2/c1-15-4-9-20(29-26-30-24(34-31-26)18-7-5-17(13-27)6-8-18)12-21(15)22-11-19-14-28-16(2)10-23(19)32(3)25(22)33/h4-12,14H,13,27H2,1-3H3,(H,29,31). The Bertz CT molecular complexity index is 1570. The fourth-order valence-electron chi connectivity index (χ4n) is 3.95. The van der Waals surface area contributed by atoms with Crippen molar-refractivity contribution in [3.8, 4) is 22.6 Å². The highest BCUT2D eigenvalue weighted by Gasteiger charge is 2.14. The van der Waals surface area contributed by atoms with Crippen LogP contribution < -0.4 is 16.6 Å². The third-order valence-electron chi connectivity index (χ3n) is 5.89. The van der Waals surface area contributed by atoms with E-state index in [0.29, 0.717) is 23.9 Å². The molecule has 0 unspecified atom stereocenters. The van der Waals surface area contributed by atoms with Gasteiger partial charge >= 0.3 is 0 Å². The van der Waals surface area contributed by atoms with Crippen LogP contribution >= 0.6 is 0 Å². The maximum absolute atomic E-state index is 13.2. The minimum absolute atomic E-state index is 0.0684. The second-order valence-electron chi connectivity index (χ2n) is 8.29. The van der Waals surface area contributed by atoms with Gasteiger partial charge in [-0.1, -0.05) is 18.2 Å². The predicted octanol–water partition coefficient (Wildman–Crippen LogP) is 4.47. The molecule has 0 spiro atoms. The topological polar surface area (TPSA) is 112 Å². The van der Waals surface area contributed by atoms with Crippen LogP contribution in [0.5, 0.6) is 0 Å². The summed E-state index contributed by atoms with van der Waals surface area (Å²) in [7, 11) is 1.78. The number of hydrogen-bond donors (Lipinski definition) is 2. The molecule has 0 saturated heterocycles. The quantitative estimate of drug-likeness (QED) is 0.405. The lowest BCUT2D eigenvalue weighted by molar-refractivity contribution is 0.433. The molecule has 0 aliphatic heterocycles. The summed E-state index contributed by atoms with van der Waals surface area (Å²) in [6, 6.07) is 17.3. The summed E-state index contributed by atoms with van der Waals surface area (Å²) in [4.78, 5) is 22.0. The zero-order chi connectivity index (χ0) is 23.8. The Balaban J connectivity index is 1.48. The Hall–Kier alpha value is -4.30. The number of nitrogens with two attached hydrogens (primary N) is 1. The van der Waals surface area contributed by atoms with Crippen molar-refractivity contribution >= 4 is 22.5 Å². The average molecular weight is 453 g/mol. The van der Waals surface area contributed by atoms with Crippen molar-refractivity contribution in [2.45, 2.75) is 20.4 Å². The Labute approximate surface area is 196 Å². The number of nitrogens with one attached hydrogen (secondary N) is 1. The molecule has 0 aliphatic rings. The SMILES string of the molecule is Cc1cc2c(cn1)cc(-c1cc(Nc3noc(-c4ccc(CN)cc4)n3)ccc1C)c(=O)n2C. The Morgan fingerprint density at radius 3 is 2.59 bits per heavy atom. The van der Waals surface area contributed by atoms with Crippen molar-refractivity contribution in [3.63, 3.8) is 0 Å². The Morgan fingerprint density at radius 2 is 1.82 bits per heavy atom. The summed E-state index contributed by atoms with van der Waals surface area (Å²) < 4.78 is 7.08. The molecule has 5 aromatic rings.